The third-order valence-electron chi connectivity index (χ3n) is 4.13. The van der Waals surface area contributed by atoms with E-state index in [2.05, 4.69) is 15.9 Å². The highest BCUT2D eigenvalue weighted by molar-refractivity contribution is 9.09. The minimum atomic E-state index is -0.365. The van der Waals surface area contributed by atoms with Gasteiger partial charge in [0, 0.05) is 11.9 Å². The molecule has 1 aliphatic heterocycles. The number of Topliss-reactive ketones (excluding diaryl/α,β-unsaturated/α-hetero) is 1. The second-order valence-electron chi connectivity index (χ2n) is 5.83. The van der Waals surface area contributed by atoms with Crippen LogP contribution in [0.3, 0.4) is 0 Å². The number of ketones is 1. The van der Waals surface area contributed by atoms with E-state index in [4.69, 9.17) is 0 Å². The Morgan fingerprint density at radius 2 is 1.95 bits per heavy atom. The molecule has 1 aromatic carbocycles. The Morgan fingerprint density at radius 1 is 1.26 bits per heavy atom. The molecule has 0 spiro atoms. The molecule has 3 nitrogen and oxygen atoms in total. The van der Waals surface area contributed by atoms with Crippen LogP contribution in [0.5, 0.6) is 0 Å². The Labute approximate surface area is 121 Å². The first-order chi connectivity index (χ1) is 8.97. The maximum Gasteiger partial charge on any atom is 0.299 e. The molecule has 4 heteroatoms. The van der Waals surface area contributed by atoms with Crippen LogP contribution < -0.4 is 4.90 Å². The van der Waals surface area contributed by atoms with E-state index in [1.54, 1.807) is 4.90 Å². The summed E-state index contributed by atoms with van der Waals surface area (Å²) in [7, 11) is 0. The van der Waals surface area contributed by atoms with Crippen molar-refractivity contribution in [3.05, 3.63) is 28.8 Å². The van der Waals surface area contributed by atoms with Crippen LogP contribution in [0.1, 0.15) is 34.3 Å². The van der Waals surface area contributed by atoms with Gasteiger partial charge in [-0.25, -0.2) is 0 Å². The van der Waals surface area contributed by atoms with Crippen molar-refractivity contribution in [1.82, 2.24) is 0 Å². The fraction of sp³-hybridized carbons (Fsp3) is 0.467. The van der Waals surface area contributed by atoms with E-state index in [1.165, 1.54) is 0 Å². The van der Waals surface area contributed by atoms with Crippen LogP contribution in [-0.2, 0) is 4.79 Å². The van der Waals surface area contributed by atoms with E-state index in [1.807, 2.05) is 26.0 Å². The number of carbonyl (C=O) groups is 2. The molecule has 1 saturated carbocycles. The number of anilines is 1. The Hall–Kier alpha value is -1.16. The zero-order valence-corrected chi connectivity index (χ0v) is 12.7. The molecule has 0 radical (unpaired) electrons. The summed E-state index contributed by atoms with van der Waals surface area (Å²) in [4.78, 5) is 26.0. The van der Waals surface area contributed by atoms with Crippen LogP contribution in [0.4, 0.5) is 5.69 Å². The molecule has 1 fully saturated rings. The van der Waals surface area contributed by atoms with Crippen molar-refractivity contribution in [2.45, 2.75) is 26.7 Å². The Balaban J connectivity index is 2.04. The summed E-state index contributed by atoms with van der Waals surface area (Å²) >= 11 is 3.52. The van der Waals surface area contributed by atoms with E-state index in [0.29, 0.717) is 12.1 Å². The van der Waals surface area contributed by atoms with E-state index in [9.17, 15) is 9.59 Å². The maximum atomic E-state index is 12.2. The number of hydrogen-bond acceptors (Lipinski definition) is 2. The van der Waals surface area contributed by atoms with Crippen LogP contribution in [-0.4, -0.2) is 23.6 Å². The number of hydrogen-bond donors (Lipinski definition) is 0. The van der Waals surface area contributed by atoms with Gasteiger partial charge in [0.15, 0.2) is 0 Å². The van der Waals surface area contributed by atoms with Gasteiger partial charge in [0.05, 0.1) is 11.3 Å². The van der Waals surface area contributed by atoms with Gasteiger partial charge in [0.25, 0.3) is 11.7 Å². The summed E-state index contributed by atoms with van der Waals surface area (Å²) < 4.78 is 0. The summed E-state index contributed by atoms with van der Waals surface area (Å²) in [6.07, 6.45) is 2.24. The molecule has 0 bridgehead atoms. The number of aryl methyl sites for hydroxylation is 2. The first-order valence-electron chi connectivity index (χ1n) is 6.51. The number of alkyl halides is 1. The number of halogens is 1. The molecular formula is C15H16BrNO2. The second kappa shape index (κ2) is 4.17. The standard InChI is InChI=1S/C15H16BrNO2/c1-9-5-10(2)12-11(6-9)13(18)14(19)17(12)8-15(7-16)3-4-15/h5-6H,3-4,7-8H2,1-2H3. The van der Waals surface area contributed by atoms with Crippen LogP contribution in [0.2, 0.25) is 0 Å². The number of nitrogens with zero attached hydrogens (tertiary/aromatic N) is 1. The van der Waals surface area contributed by atoms with Crippen LogP contribution in [0, 0.1) is 19.3 Å². The Kier molecular flexibility index (Phi) is 2.82. The molecule has 0 unspecified atom stereocenters. The summed E-state index contributed by atoms with van der Waals surface area (Å²) in [5.41, 5.74) is 3.62. The number of carbonyl (C=O) groups excluding carboxylic acids is 2. The number of amides is 1. The summed E-state index contributed by atoms with van der Waals surface area (Å²) in [5.74, 6) is -0.719. The predicted molar refractivity (Wildman–Crippen MR) is 78.1 cm³/mol. The van der Waals surface area contributed by atoms with Crippen molar-refractivity contribution in [2.24, 2.45) is 5.41 Å². The summed E-state index contributed by atoms with van der Waals surface area (Å²) in [6.45, 7) is 4.58. The first kappa shape index (κ1) is 12.9. The monoisotopic (exact) mass is 321 g/mol. The molecule has 1 heterocycles. The minimum absolute atomic E-state index is 0.175. The van der Waals surface area contributed by atoms with Crippen molar-refractivity contribution in [1.29, 1.82) is 0 Å². The topological polar surface area (TPSA) is 37.4 Å². The van der Waals surface area contributed by atoms with E-state index in [0.717, 1.165) is 35.0 Å². The van der Waals surface area contributed by atoms with Gasteiger partial charge in [-0.3, -0.25) is 9.59 Å². The van der Waals surface area contributed by atoms with Crippen LogP contribution in [0.25, 0.3) is 0 Å². The van der Waals surface area contributed by atoms with Crippen molar-refractivity contribution in [3.8, 4) is 0 Å². The molecule has 2 aliphatic rings. The van der Waals surface area contributed by atoms with Crippen molar-refractivity contribution in [2.75, 3.05) is 16.8 Å². The molecule has 0 N–H and O–H groups in total. The number of rotatable bonds is 3. The molecule has 0 atom stereocenters. The quantitative estimate of drug-likeness (QED) is 0.634. The van der Waals surface area contributed by atoms with Gasteiger partial charge < -0.3 is 4.90 Å². The smallest absolute Gasteiger partial charge is 0.299 e. The zero-order chi connectivity index (χ0) is 13.8. The molecule has 0 aromatic heterocycles. The second-order valence-corrected chi connectivity index (χ2v) is 6.39. The Bertz CT molecular complexity index is 590. The lowest BCUT2D eigenvalue weighted by atomic mass is 10.0. The van der Waals surface area contributed by atoms with Gasteiger partial charge in [0.2, 0.25) is 0 Å². The molecule has 3 rings (SSSR count). The molecule has 1 aliphatic carbocycles. The van der Waals surface area contributed by atoms with Crippen molar-refractivity contribution in [3.63, 3.8) is 0 Å². The SMILES string of the molecule is Cc1cc(C)c2c(c1)C(=O)C(=O)N2CC1(CBr)CC1. The van der Waals surface area contributed by atoms with Gasteiger partial charge in [-0.2, -0.15) is 0 Å². The lowest BCUT2D eigenvalue weighted by Crippen LogP contribution is -2.36. The van der Waals surface area contributed by atoms with Gasteiger partial charge in [0.1, 0.15) is 0 Å². The molecule has 0 saturated heterocycles. The lowest BCUT2D eigenvalue weighted by Gasteiger charge is -2.23. The van der Waals surface area contributed by atoms with E-state index < -0.39 is 0 Å². The largest absolute Gasteiger partial charge is 0.304 e. The predicted octanol–water partition coefficient (Wildman–Crippen LogP) is 3.01. The average molecular weight is 322 g/mol. The molecular weight excluding hydrogens is 306 g/mol. The lowest BCUT2D eigenvalue weighted by molar-refractivity contribution is -0.114. The fourth-order valence-corrected chi connectivity index (χ4v) is 3.57. The van der Waals surface area contributed by atoms with Gasteiger partial charge in [-0.1, -0.05) is 22.0 Å². The molecule has 19 heavy (non-hydrogen) atoms. The minimum Gasteiger partial charge on any atom is -0.304 e. The van der Waals surface area contributed by atoms with Gasteiger partial charge in [-0.15, -0.1) is 0 Å². The zero-order valence-electron chi connectivity index (χ0n) is 11.1. The average Bonchev–Trinajstić information content (AvgIpc) is 3.10. The number of benzene rings is 1. The highest BCUT2D eigenvalue weighted by atomic mass is 79.9. The number of fused-ring (bicyclic) bond motifs is 1. The highest BCUT2D eigenvalue weighted by Gasteiger charge is 2.47. The highest BCUT2D eigenvalue weighted by Crippen LogP contribution is 2.49. The van der Waals surface area contributed by atoms with Gasteiger partial charge >= 0.3 is 0 Å². The fourth-order valence-electron chi connectivity index (χ4n) is 2.83. The molecule has 1 amide bonds. The molecule has 1 aromatic rings. The van der Waals surface area contributed by atoms with Crippen molar-refractivity contribution < 1.29 is 9.59 Å². The summed E-state index contributed by atoms with van der Waals surface area (Å²) in [5, 5.41) is 0.887. The maximum absolute atomic E-state index is 12.2. The normalized spacial score (nSPS) is 19.8. The Morgan fingerprint density at radius 3 is 2.53 bits per heavy atom. The van der Waals surface area contributed by atoms with Gasteiger partial charge in [-0.05, 0) is 49.3 Å². The third-order valence-corrected chi connectivity index (χ3v) is 5.32. The van der Waals surface area contributed by atoms with Crippen molar-refractivity contribution >= 4 is 33.3 Å². The van der Waals surface area contributed by atoms with E-state index >= 15 is 0 Å². The summed E-state index contributed by atoms with van der Waals surface area (Å²) in [6, 6.07) is 3.86. The third kappa shape index (κ3) is 1.93. The van der Waals surface area contributed by atoms with Crippen LogP contribution >= 0.6 is 15.9 Å². The first-order valence-corrected chi connectivity index (χ1v) is 7.63. The van der Waals surface area contributed by atoms with Crippen LogP contribution in [0.15, 0.2) is 12.1 Å². The van der Waals surface area contributed by atoms with E-state index in [-0.39, 0.29) is 17.1 Å². The molecule has 100 valence electrons.